The zero-order valence-corrected chi connectivity index (χ0v) is 17.2. The molecule has 0 radical (unpaired) electrons. The van der Waals surface area contributed by atoms with Crippen LogP contribution in [-0.2, 0) is 0 Å². The monoisotopic (exact) mass is 444 g/mol. The Balaban J connectivity index is 1.97. The van der Waals surface area contributed by atoms with Crippen LogP contribution in [0.2, 0.25) is 0 Å². The fourth-order valence-corrected chi connectivity index (χ4v) is 2.89. The third kappa shape index (κ3) is 5.05. The first-order valence-corrected chi connectivity index (χ1v) is 9.79. The Kier molecular flexibility index (Phi) is 6.59. The molecule has 3 N–H and O–H groups in total. The van der Waals surface area contributed by atoms with Crippen LogP contribution in [0.3, 0.4) is 0 Å². The van der Waals surface area contributed by atoms with Crippen molar-refractivity contribution >= 4 is 33.4 Å². The Morgan fingerprint density at radius 3 is 2.46 bits per heavy atom. The van der Waals surface area contributed by atoms with Crippen LogP contribution in [0.25, 0.3) is 11.3 Å². The zero-order chi connectivity index (χ0) is 20.1. The Hall–Kier alpha value is -2.51. The van der Waals surface area contributed by atoms with Crippen LogP contribution < -0.4 is 10.6 Å². The first-order chi connectivity index (χ1) is 13.5. The summed E-state index contributed by atoms with van der Waals surface area (Å²) in [6.07, 6.45) is 0. The maximum atomic E-state index is 13.9. The molecule has 1 heterocycles. The molecule has 5 nitrogen and oxygen atoms in total. The molecule has 0 bridgehead atoms. The molecule has 1 aromatic heterocycles. The predicted molar refractivity (Wildman–Crippen MR) is 114 cm³/mol. The van der Waals surface area contributed by atoms with Gasteiger partial charge in [-0.15, -0.1) is 0 Å². The van der Waals surface area contributed by atoms with E-state index in [0.717, 1.165) is 11.3 Å². The number of anilines is 3. The second-order valence-corrected chi connectivity index (χ2v) is 7.61. The molecular formula is C21H22BrFN4O. The van der Waals surface area contributed by atoms with Gasteiger partial charge >= 0.3 is 0 Å². The highest BCUT2D eigenvalue weighted by atomic mass is 79.9. The van der Waals surface area contributed by atoms with Crippen LogP contribution in [0.5, 0.6) is 0 Å². The van der Waals surface area contributed by atoms with Gasteiger partial charge in [0.2, 0.25) is 5.95 Å². The molecule has 2 aromatic carbocycles. The van der Waals surface area contributed by atoms with E-state index < -0.39 is 0 Å². The molecule has 28 heavy (non-hydrogen) atoms. The number of aliphatic hydroxyl groups is 1. The van der Waals surface area contributed by atoms with Gasteiger partial charge in [0.1, 0.15) is 11.6 Å². The molecule has 0 amide bonds. The number of halogens is 2. The number of benzene rings is 2. The van der Waals surface area contributed by atoms with Crippen LogP contribution in [-0.4, -0.2) is 27.7 Å². The average molecular weight is 445 g/mol. The van der Waals surface area contributed by atoms with E-state index in [9.17, 15) is 9.50 Å². The van der Waals surface area contributed by atoms with Crippen molar-refractivity contribution in [2.24, 2.45) is 5.92 Å². The lowest BCUT2D eigenvalue weighted by Crippen LogP contribution is -2.30. The Labute approximate surface area is 172 Å². The second kappa shape index (κ2) is 9.12. The number of hydrogen-bond acceptors (Lipinski definition) is 5. The fourth-order valence-electron chi connectivity index (χ4n) is 2.64. The summed E-state index contributed by atoms with van der Waals surface area (Å²) in [5, 5.41) is 15.9. The topological polar surface area (TPSA) is 70.1 Å². The van der Waals surface area contributed by atoms with Gasteiger partial charge in [-0.05, 0) is 40.0 Å². The van der Waals surface area contributed by atoms with Gasteiger partial charge < -0.3 is 15.7 Å². The minimum atomic E-state index is -0.360. The third-order valence-corrected chi connectivity index (χ3v) is 4.95. The molecule has 1 atom stereocenters. The van der Waals surface area contributed by atoms with E-state index in [-0.39, 0.29) is 24.4 Å². The Morgan fingerprint density at radius 1 is 1.07 bits per heavy atom. The summed E-state index contributed by atoms with van der Waals surface area (Å²) in [5.74, 6) is 0.763. The molecule has 0 saturated carbocycles. The number of aliphatic hydroxyl groups excluding tert-OH is 1. The maximum Gasteiger partial charge on any atom is 0.225 e. The molecule has 0 spiro atoms. The van der Waals surface area contributed by atoms with Gasteiger partial charge in [-0.25, -0.2) is 9.37 Å². The van der Waals surface area contributed by atoms with E-state index in [1.165, 1.54) is 6.07 Å². The molecule has 146 valence electrons. The molecular weight excluding hydrogens is 423 g/mol. The number of hydrogen-bond donors (Lipinski definition) is 3. The summed E-state index contributed by atoms with van der Waals surface area (Å²) in [5.41, 5.74) is 2.23. The molecule has 0 aliphatic rings. The molecule has 7 heteroatoms. The molecule has 3 aromatic rings. The van der Waals surface area contributed by atoms with Crippen LogP contribution in [0.15, 0.2) is 59.1 Å². The maximum absolute atomic E-state index is 13.9. The standard InChI is InChI=1S/C21H22BrFN4O/c1-13(2)19(12-28)26-21-25-18(14-6-4-3-5-7-14)11-20(27-21)24-15-8-9-16(22)17(23)10-15/h3-11,13,19,28H,12H2,1-2H3,(H2,24,25,26,27)/t19-/m1/s1. The lowest BCUT2D eigenvalue weighted by atomic mass is 10.1. The van der Waals surface area contributed by atoms with E-state index in [2.05, 4.69) is 36.5 Å². The van der Waals surface area contributed by atoms with E-state index in [0.29, 0.717) is 21.9 Å². The van der Waals surface area contributed by atoms with E-state index in [1.807, 2.05) is 50.2 Å². The molecule has 3 rings (SSSR count). The van der Waals surface area contributed by atoms with Gasteiger partial charge in [0.25, 0.3) is 0 Å². The van der Waals surface area contributed by atoms with Crippen molar-refractivity contribution in [2.75, 3.05) is 17.2 Å². The van der Waals surface area contributed by atoms with Crippen LogP contribution in [0.1, 0.15) is 13.8 Å². The normalized spacial score (nSPS) is 12.1. The largest absolute Gasteiger partial charge is 0.394 e. The van der Waals surface area contributed by atoms with Gasteiger partial charge in [-0.2, -0.15) is 4.98 Å². The molecule has 0 saturated heterocycles. The quantitative estimate of drug-likeness (QED) is 0.466. The zero-order valence-electron chi connectivity index (χ0n) is 15.7. The summed E-state index contributed by atoms with van der Waals surface area (Å²) < 4.78 is 14.3. The van der Waals surface area contributed by atoms with Crippen molar-refractivity contribution in [1.29, 1.82) is 0 Å². The minimum absolute atomic E-state index is 0.0305. The highest BCUT2D eigenvalue weighted by Gasteiger charge is 2.15. The van der Waals surface area contributed by atoms with Gasteiger partial charge in [-0.1, -0.05) is 44.2 Å². The molecule has 0 fully saturated rings. The Morgan fingerprint density at radius 2 is 1.82 bits per heavy atom. The number of nitrogens with one attached hydrogen (secondary N) is 2. The second-order valence-electron chi connectivity index (χ2n) is 6.76. The van der Waals surface area contributed by atoms with Crippen molar-refractivity contribution in [2.45, 2.75) is 19.9 Å². The van der Waals surface area contributed by atoms with Gasteiger partial charge in [0.05, 0.1) is 22.8 Å². The predicted octanol–water partition coefficient (Wildman–Crippen LogP) is 5.22. The summed E-state index contributed by atoms with van der Waals surface area (Å²) >= 11 is 3.16. The average Bonchev–Trinajstić information content (AvgIpc) is 2.69. The highest BCUT2D eigenvalue weighted by molar-refractivity contribution is 9.10. The summed E-state index contributed by atoms with van der Waals surface area (Å²) in [6, 6.07) is 16.2. The minimum Gasteiger partial charge on any atom is -0.394 e. The molecule has 0 aliphatic carbocycles. The van der Waals surface area contributed by atoms with Gasteiger partial charge in [0.15, 0.2) is 0 Å². The van der Waals surface area contributed by atoms with Gasteiger partial charge in [0, 0.05) is 17.3 Å². The van der Waals surface area contributed by atoms with Crippen molar-refractivity contribution in [1.82, 2.24) is 9.97 Å². The smallest absolute Gasteiger partial charge is 0.225 e. The SMILES string of the molecule is CC(C)[C@@H](CO)Nc1nc(Nc2ccc(Br)c(F)c2)cc(-c2ccccc2)n1. The number of aromatic nitrogens is 2. The summed E-state index contributed by atoms with van der Waals surface area (Å²) in [7, 11) is 0. The van der Waals surface area contributed by atoms with Crippen LogP contribution >= 0.6 is 15.9 Å². The van der Waals surface area contributed by atoms with Crippen molar-refractivity contribution in [3.8, 4) is 11.3 Å². The van der Waals surface area contributed by atoms with E-state index in [1.54, 1.807) is 12.1 Å². The van der Waals surface area contributed by atoms with Crippen molar-refractivity contribution in [3.05, 3.63) is 64.9 Å². The third-order valence-electron chi connectivity index (χ3n) is 4.30. The first kappa shape index (κ1) is 20.2. The Bertz CT molecular complexity index is 937. The van der Waals surface area contributed by atoms with Crippen molar-refractivity contribution < 1.29 is 9.50 Å². The van der Waals surface area contributed by atoms with E-state index >= 15 is 0 Å². The van der Waals surface area contributed by atoms with Crippen molar-refractivity contribution in [3.63, 3.8) is 0 Å². The fraction of sp³-hybridized carbons (Fsp3) is 0.238. The lowest BCUT2D eigenvalue weighted by Gasteiger charge is -2.20. The van der Waals surface area contributed by atoms with Crippen LogP contribution in [0.4, 0.5) is 21.8 Å². The molecule has 0 unspecified atom stereocenters. The molecule has 0 aliphatic heterocycles. The highest BCUT2D eigenvalue weighted by Crippen LogP contribution is 2.26. The lowest BCUT2D eigenvalue weighted by molar-refractivity contribution is 0.248. The summed E-state index contributed by atoms with van der Waals surface area (Å²) in [6.45, 7) is 3.99. The number of nitrogens with zero attached hydrogens (tertiary/aromatic N) is 2. The first-order valence-electron chi connectivity index (χ1n) is 9.00. The number of rotatable bonds is 7. The van der Waals surface area contributed by atoms with E-state index in [4.69, 9.17) is 0 Å². The summed E-state index contributed by atoms with van der Waals surface area (Å²) in [4.78, 5) is 9.09. The van der Waals surface area contributed by atoms with Crippen LogP contribution in [0, 0.1) is 11.7 Å². The van der Waals surface area contributed by atoms with Gasteiger partial charge in [-0.3, -0.25) is 0 Å².